The van der Waals surface area contributed by atoms with Crippen molar-refractivity contribution in [1.29, 1.82) is 0 Å². The zero-order chi connectivity index (χ0) is 13.8. The standard InChI is InChI=1S/C12H20N2O3S/c1-9(7-8-17-3)14-18(15,16)12-6-4-5-11(13)10(12)2/h4-6,9,14H,7-8,13H2,1-3H3. The van der Waals surface area contributed by atoms with Gasteiger partial charge >= 0.3 is 0 Å². The van der Waals surface area contributed by atoms with Gasteiger partial charge in [-0.1, -0.05) is 6.07 Å². The fraction of sp³-hybridized carbons (Fsp3) is 0.500. The van der Waals surface area contributed by atoms with Crippen LogP contribution >= 0.6 is 0 Å². The van der Waals surface area contributed by atoms with Gasteiger partial charge in [0.05, 0.1) is 4.90 Å². The Bertz CT molecular complexity index is 500. The van der Waals surface area contributed by atoms with Gasteiger partial charge < -0.3 is 10.5 Å². The van der Waals surface area contributed by atoms with Crippen LogP contribution in [-0.2, 0) is 14.8 Å². The topological polar surface area (TPSA) is 81.4 Å². The van der Waals surface area contributed by atoms with Crippen molar-refractivity contribution >= 4 is 15.7 Å². The number of benzene rings is 1. The van der Waals surface area contributed by atoms with Crippen molar-refractivity contribution in [3.05, 3.63) is 23.8 Å². The lowest BCUT2D eigenvalue weighted by Crippen LogP contribution is -2.33. The average Bonchev–Trinajstić information content (AvgIpc) is 2.29. The van der Waals surface area contributed by atoms with E-state index < -0.39 is 10.0 Å². The highest BCUT2D eigenvalue weighted by atomic mass is 32.2. The van der Waals surface area contributed by atoms with Gasteiger partial charge in [0.2, 0.25) is 10.0 Å². The molecule has 0 radical (unpaired) electrons. The Balaban J connectivity index is 2.90. The van der Waals surface area contributed by atoms with Gasteiger partial charge in [0.15, 0.2) is 0 Å². The van der Waals surface area contributed by atoms with E-state index >= 15 is 0 Å². The zero-order valence-corrected chi connectivity index (χ0v) is 11.8. The molecule has 3 N–H and O–H groups in total. The maximum Gasteiger partial charge on any atom is 0.241 e. The van der Waals surface area contributed by atoms with E-state index in [1.165, 1.54) is 0 Å². The molecule has 0 aromatic heterocycles. The van der Waals surface area contributed by atoms with Crippen LogP contribution in [0.5, 0.6) is 0 Å². The first-order chi connectivity index (χ1) is 8.38. The van der Waals surface area contributed by atoms with Gasteiger partial charge in [-0.15, -0.1) is 0 Å². The normalized spacial score (nSPS) is 13.5. The SMILES string of the molecule is COCCC(C)NS(=O)(=O)c1cccc(N)c1C. The lowest BCUT2D eigenvalue weighted by molar-refractivity contribution is 0.188. The highest BCUT2D eigenvalue weighted by Gasteiger charge is 2.19. The molecule has 0 amide bonds. The minimum absolute atomic E-state index is 0.184. The van der Waals surface area contributed by atoms with Crippen molar-refractivity contribution in [2.45, 2.75) is 31.2 Å². The maximum atomic E-state index is 12.2. The summed E-state index contributed by atoms with van der Waals surface area (Å²) < 4.78 is 31.9. The minimum atomic E-state index is -3.53. The summed E-state index contributed by atoms with van der Waals surface area (Å²) in [5.41, 5.74) is 6.76. The maximum absolute atomic E-state index is 12.2. The molecule has 102 valence electrons. The third kappa shape index (κ3) is 3.69. The monoisotopic (exact) mass is 272 g/mol. The van der Waals surface area contributed by atoms with E-state index in [1.54, 1.807) is 39.2 Å². The Hall–Kier alpha value is -1.11. The second-order valence-electron chi connectivity index (χ2n) is 4.27. The third-order valence-corrected chi connectivity index (χ3v) is 4.46. The smallest absolute Gasteiger partial charge is 0.241 e. The lowest BCUT2D eigenvalue weighted by Gasteiger charge is -2.15. The Morgan fingerprint density at radius 3 is 2.72 bits per heavy atom. The second-order valence-corrected chi connectivity index (χ2v) is 5.96. The Kier molecular flexibility index (Phi) is 5.13. The van der Waals surface area contributed by atoms with E-state index in [9.17, 15) is 8.42 Å². The molecular formula is C12H20N2O3S. The van der Waals surface area contributed by atoms with Crippen LogP contribution in [0.2, 0.25) is 0 Å². The molecule has 1 unspecified atom stereocenters. The lowest BCUT2D eigenvalue weighted by atomic mass is 10.2. The van der Waals surface area contributed by atoms with Gasteiger partial charge in [-0.3, -0.25) is 0 Å². The summed E-state index contributed by atoms with van der Waals surface area (Å²) in [7, 11) is -1.94. The second kappa shape index (κ2) is 6.17. The van der Waals surface area contributed by atoms with Crippen LogP contribution in [0.4, 0.5) is 5.69 Å². The van der Waals surface area contributed by atoms with Crippen LogP contribution in [-0.4, -0.2) is 28.2 Å². The van der Waals surface area contributed by atoms with Gasteiger partial charge in [-0.25, -0.2) is 13.1 Å². The largest absolute Gasteiger partial charge is 0.398 e. The first-order valence-corrected chi connectivity index (χ1v) is 7.23. The predicted molar refractivity (Wildman–Crippen MR) is 71.9 cm³/mol. The summed E-state index contributed by atoms with van der Waals surface area (Å²) in [5.74, 6) is 0. The molecule has 0 aliphatic carbocycles. The number of rotatable bonds is 6. The number of nitrogens with two attached hydrogens (primary N) is 1. The molecule has 1 atom stereocenters. The van der Waals surface area contributed by atoms with E-state index in [0.717, 1.165) is 0 Å². The number of methoxy groups -OCH3 is 1. The molecule has 0 saturated carbocycles. The van der Waals surface area contributed by atoms with Crippen molar-refractivity contribution in [1.82, 2.24) is 4.72 Å². The molecule has 0 heterocycles. The summed E-state index contributed by atoms with van der Waals surface area (Å²) in [6, 6.07) is 4.69. The van der Waals surface area contributed by atoms with Crippen molar-refractivity contribution in [2.75, 3.05) is 19.5 Å². The molecule has 1 aromatic carbocycles. The number of nitrogens with one attached hydrogen (secondary N) is 1. The van der Waals surface area contributed by atoms with Crippen LogP contribution < -0.4 is 10.5 Å². The minimum Gasteiger partial charge on any atom is -0.398 e. The van der Waals surface area contributed by atoms with E-state index in [-0.39, 0.29) is 10.9 Å². The summed E-state index contributed by atoms with van der Waals surface area (Å²) in [6.45, 7) is 4.02. The van der Waals surface area contributed by atoms with Crippen LogP contribution in [0.25, 0.3) is 0 Å². The van der Waals surface area contributed by atoms with E-state index in [0.29, 0.717) is 24.3 Å². The van der Waals surface area contributed by atoms with Crippen molar-refractivity contribution < 1.29 is 13.2 Å². The number of hydrogen-bond acceptors (Lipinski definition) is 4. The fourth-order valence-corrected chi connectivity index (χ4v) is 3.16. The highest BCUT2D eigenvalue weighted by molar-refractivity contribution is 7.89. The number of anilines is 1. The summed E-state index contributed by atoms with van der Waals surface area (Å²) in [5, 5.41) is 0. The molecule has 0 spiro atoms. The Labute approximate surface area is 108 Å². The van der Waals surface area contributed by atoms with Crippen LogP contribution in [0, 0.1) is 6.92 Å². The molecule has 1 rings (SSSR count). The van der Waals surface area contributed by atoms with Crippen LogP contribution in [0.3, 0.4) is 0 Å². The number of sulfonamides is 1. The third-order valence-electron chi connectivity index (χ3n) is 2.73. The van der Waals surface area contributed by atoms with Crippen LogP contribution in [0.1, 0.15) is 18.9 Å². The summed E-state index contributed by atoms with van der Waals surface area (Å²) >= 11 is 0. The van der Waals surface area contributed by atoms with Gasteiger partial charge in [-0.2, -0.15) is 0 Å². The predicted octanol–water partition coefficient (Wildman–Crippen LogP) is 1.28. The molecule has 0 bridgehead atoms. The zero-order valence-electron chi connectivity index (χ0n) is 10.9. The molecular weight excluding hydrogens is 252 g/mol. The fourth-order valence-electron chi connectivity index (χ4n) is 1.60. The molecule has 18 heavy (non-hydrogen) atoms. The number of hydrogen-bond donors (Lipinski definition) is 2. The van der Waals surface area contributed by atoms with Crippen molar-refractivity contribution in [3.8, 4) is 0 Å². The first-order valence-electron chi connectivity index (χ1n) is 5.75. The molecule has 1 aromatic rings. The summed E-state index contributed by atoms with van der Waals surface area (Å²) in [4.78, 5) is 0.228. The molecule has 0 aliphatic rings. The van der Waals surface area contributed by atoms with Gasteiger partial charge in [0.1, 0.15) is 0 Å². The molecule has 0 saturated heterocycles. The quantitative estimate of drug-likeness (QED) is 0.764. The highest BCUT2D eigenvalue weighted by Crippen LogP contribution is 2.20. The molecule has 6 heteroatoms. The Morgan fingerprint density at radius 1 is 1.44 bits per heavy atom. The van der Waals surface area contributed by atoms with Gasteiger partial charge in [-0.05, 0) is 38.0 Å². The van der Waals surface area contributed by atoms with E-state index in [2.05, 4.69) is 4.72 Å². The Morgan fingerprint density at radius 2 is 2.11 bits per heavy atom. The first kappa shape index (κ1) is 14.9. The molecule has 0 fully saturated rings. The van der Waals surface area contributed by atoms with Crippen molar-refractivity contribution in [3.63, 3.8) is 0 Å². The average molecular weight is 272 g/mol. The van der Waals surface area contributed by atoms with Gasteiger partial charge in [0.25, 0.3) is 0 Å². The number of ether oxygens (including phenoxy) is 1. The molecule has 5 nitrogen and oxygen atoms in total. The van der Waals surface area contributed by atoms with Crippen molar-refractivity contribution in [2.24, 2.45) is 0 Å². The van der Waals surface area contributed by atoms with E-state index in [4.69, 9.17) is 10.5 Å². The van der Waals surface area contributed by atoms with Crippen LogP contribution in [0.15, 0.2) is 23.1 Å². The number of nitrogen functional groups attached to an aromatic ring is 1. The molecule has 0 aliphatic heterocycles. The summed E-state index contributed by atoms with van der Waals surface area (Å²) in [6.07, 6.45) is 0.622. The van der Waals surface area contributed by atoms with Gasteiger partial charge in [0, 0.05) is 25.4 Å². The van der Waals surface area contributed by atoms with E-state index in [1.807, 2.05) is 0 Å².